The summed E-state index contributed by atoms with van der Waals surface area (Å²) in [5.41, 5.74) is 1.57. The van der Waals surface area contributed by atoms with Crippen molar-refractivity contribution in [2.24, 2.45) is 0 Å². The number of benzene rings is 1. The van der Waals surface area contributed by atoms with Crippen LogP contribution in [-0.2, 0) is 9.53 Å². The summed E-state index contributed by atoms with van der Waals surface area (Å²) in [6, 6.07) is 4.88. The summed E-state index contributed by atoms with van der Waals surface area (Å²) in [6.07, 6.45) is 2.51. The lowest BCUT2D eigenvalue weighted by molar-refractivity contribution is -0.129. The van der Waals surface area contributed by atoms with E-state index in [1.807, 2.05) is 6.92 Å². The fraction of sp³-hybridized carbons (Fsp3) is 0.462. The molecule has 92 valence electrons. The number of phenols is 1. The average Bonchev–Trinajstić information content (AvgIpc) is 2.34. The van der Waals surface area contributed by atoms with Gasteiger partial charge in [0, 0.05) is 12.3 Å². The van der Waals surface area contributed by atoms with Gasteiger partial charge in [-0.3, -0.25) is 4.79 Å². The topological polar surface area (TPSA) is 58.6 Å². The van der Waals surface area contributed by atoms with Gasteiger partial charge in [-0.1, -0.05) is 0 Å². The molecule has 1 atom stereocenters. The normalized spacial score (nSPS) is 19.9. The summed E-state index contributed by atoms with van der Waals surface area (Å²) in [4.78, 5) is 11.9. The van der Waals surface area contributed by atoms with E-state index in [-0.39, 0.29) is 17.8 Å². The van der Waals surface area contributed by atoms with Gasteiger partial charge in [0.2, 0.25) is 0 Å². The third-order valence-corrected chi connectivity index (χ3v) is 2.94. The number of rotatable bonds is 2. The number of nitrogens with one attached hydrogen (secondary N) is 1. The van der Waals surface area contributed by atoms with Gasteiger partial charge < -0.3 is 15.2 Å². The van der Waals surface area contributed by atoms with E-state index >= 15 is 0 Å². The zero-order chi connectivity index (χ0) is 12.3. The fourth-order valence-electron chi connectivity index (χ4n) is 1.95. The van der Waals surface area contributed by atoms with Crippen LogP contribution in [0.4, 0.5) is 5.69 Å². The second kappa shape index (κ2) is 5.19. The molecule has 1 unspecified atom stereocenters. The molecule has 1 saturated heterocycles. The smallest absolute Gasteiger partial charge is 0.253 e. The van der Waals surface area contributed by atoms with Crippen LogP contribution < -0.4 is 5.32 Å². The molecule has 17 heavy (non-hydrogen) atoms. The minimum Gasteiger partial charge on any atom is -0.508 e. The summed E-state index contributed by atoms with van der Waals surface area (Å²) in [7, 11) is 0. The molecule has 1 fully saturated rings. The molecule has 0 aliphatic carbocycles. The van der Waals surface area contributed by atoms with Crippen LogP contribution in [0, 0.1) is 6.92 Å². The zero-order valence-electron chi connectivity index (χ0n) is 9.90. The van der Waals surface area contributed by atoms with E-state index < -0.39 is 0 Å². The highest BCUT2D eigenvalue weighted by molar-refractivity contribution is 5.94. The highest BCUT2D eigenvalue weighted by Gasteiger charge is 2.22. The molecular weight excluding hydrogens is 218 g/mol. The largest absolute Gasteiger partial charge is 0.508 e. The van der Waals surface area contributed by atoms with Crippen molar-refractivity contribution in [1.29, 1.82) is 0 Å². The Bertz CT molecular complexity index is 411. The highest BCUT2D eigenvalue weighted by Crippen LogP contribution is 2.21. The van der Waals surface area contributed by atoms with Crippen molar-refractivity contribution in [3.8, 4) is 5.75 Å². The number of hydrogen-bond acceptors (Lipinski definition) is 3. The highest BCUT2D eigenvalue weighted by atomic mass is 16.5. The molecule has 4 heteroatoms. The van der Waals surface area contributed by atoms with Gasteiger partial charge in [-0.05, 0) is 49.9 Å². The molecule has 1 aromatic carbocycles. The standard InChI is InChI=1S/C13H17NO3/c1-9-8-10(15)5-6-11(9)14-13(16)12-4-2-3-7-17-12/h5-6,8,12,15H,2-4,7H2,1H3,(H,14,16). The van der Waals surface area contributed by atoms with Crippen LogP contribution in [0.25, 0.3) is 0 Å². The molecule has 0 spiro atoms. The maximum absolute atomic E-state index is 11.9. The molecule has 2 rings (SSSR count). The summed E-state index contributed by atoms with van der Waals surface area (Å²) in [6.45, 7) is 2.50. The minimum atomic E-state index is -0.336. The first-order valence-electron chi connectivity index (χ1n) is 5.89. The van der Waals surface area contributed by atoms with Crippen molar-refractivity contribution in [1.82, 2.24) is 0 Å². The van der Waals surface area contributed by atoms with Gasteiger partial charge in [0.05, 0.1) is 0 Å². The molecule has 0 saturated carbocycles. The van der Waals surface area contributed by atoms with E-state index in [2.05, 4.69) is 5.32 Å². The van der Waals surface area contributed by atoms with Crippen molar-refractivity contribution in [3.05, 3.63) is 23.8 Å². The second-order valence-electron chi connectivity index (χ2n) is 4.34. The lowest BCUT2D eigenvalue weighted by Crippen LogP contribution is -2.33. The van der Waals surface area contributed by atoms with Gasteiger partial charge in [-0.15, -0.1) is 0 Å². The minimum absolute atomic E-state index is 0.0986. The van der Waals surface area contributed by atoms with Crippen molar-refractivity contribution in [2.45, 2.75) is 32.3 Å². The number of carbonyl (C=O) groups is 1. The van der Waals surface area contributed by atoms with Gasteiger partial charge in [0.25, 0.3) is 5.91 Å². The molecule has 1 heterocycles. The third kappa shape index (κ3) is 2.97. The Kier molecular flexibility index (Phi) is 3.64. The Balaban J connectivity index is 2.02. The van der Waals surface area contributed by atoms with Crippen LogP contribution in [0.15, 0.2) is 18.2 Å². The second-order valence-corrected chi connectivity index (χ2v) is 4.34. The van der Waals surface area contributed by atoms with Gasteiger partial charge in [-0.25, -0.2) is 0 Å². The van der Waals surface area contributed by atoms with Gasteiger partial charge in [0.1, 0.15) is 11.9 Å². The molecule has 1 aromatic rings. The zero-order valence-corrected chi connectivity index (χ0v) is 9.90. The first kappa shape index (κ1) is 11.9. The maximum Gasteiger partial charge on any atom is 0.253 e. The number of anilines is 1. The number of aryl methyl sites for hydroxylation is 1. The van der Waals surface area contributed by atoms with Gasteiger partial charge >= 0.3 is 0 Å². The van der Waals surface area contributed by atoms with E-state index in [1.54, 1.807) is 18.2 Å². The molecule has 1 aliphatic heterocycles. The molecule has 0 aromatic heterocycles. The van der Waals surface area contributed by atoms with Crippen molar-refractivity contribution < 1.29 is 14.6 Å². The lowest BCUT2D eigenvalue weighted by atomic mass is 10.1. The van der Waals surface area contributed by atoms with Crippen LogP contribution in [0.1, 0.15) is 24.8 Å². The Morgan fingerprint density at radius 3 is 2.94 bits per heavy atom. The molecule has 4 nitrogen and oxygen atoms in total. The van der Waals surface area contributed by atoms with E-state index in [1.165, 1.54) is 0 Å². The predicted molar refractivity (Wildman–Crippen MR) is 65.1 cm³/mol. The fourth-order valence-corrected chi connectivity index (χ4v) is 1.95. The SMILES string of the molecule is Cc1cc(O)ccc1NC(=O)C1CCCCO1. The number of amides is 1. The molecule has 1 aliphatic rings. The van der Waals surface area contributed by atoms with E-state index in [4.69, 9.17) is 4.74 Å². The van der Waals surface area contributed by atoms with Gasteiger partial charge in [0.15, 0.2) is 0 Å². The van der Waals surface area contributed by atoms with E-state index in [0.29, 0.717) is 6.61 Å². The Hall–Kier alpha value is -1.55. The van der Waals surface area contributed by atoms with Crippen LogP contribution in [-0.4, -0.2) is 23.7 Å². The van der Waals surface area contributed by atoms with E-state index in [9.17, 15) is 9.90 Å². The summed E-state index contributed by atoms with van der Waals surface area (Å²) < 4.78 is 5.41. The third-order valence-electron chi connectivity index (χ3n) is 2.94. The van der Waals surface area contributed by atoms with Crippen LogP contribution in [0.3, 0.4) is 0 Å². The molecular formula is C13H17NO3. The summed E-state index contributed by atoms with van der Waals surface area (Å²) in [5.74, 6) is 0.105. The number of phenolic OH excluding ortho intramolecular Hbond substituents is 1. The predicted octanol–water partition coefficient (Wildman–Crippen LogP) is 2.21. The number of carbonyl (C=O) groups excluding carboxylic acids is 1. The van der Waals surface area contributed by atoms with Crippen molar-refractivity contribution in [2.75, 3.05) is 11.9 Å². The Labute approximate surface area is 101 Å². The molecule has 1 amide bonds. The molecule has 2 N–H and O–H groups in total. The van der Waals surface area contributed by atoms with Crippen molar-refractivity contribution >= 4 is 11.6 Å². The Morgan fingerprint density at radius 2 is 2.29 bits per heavy atom. The van der Waals surface area contributed by atoms with E-state index in [0.717, 1.165) is 30.5 Å². The van der Waals surface area contributed by atoms with Crippen LogP contribution >= 0.6 is 0 Å². The van der Waals surface area contributed by atoms with Crippen molar-refractivity contribution in [3.63, 3.8) is 0 Å². The molecule has 0 radical (unpaired) electrons. The maximum atomic E-state index is 11.9. The summed E-state index contributed by atoms with van der Waals surface area (Å²) in [5, 5.41) is 12.1. The monoisotopic (exact) mass is 235 g/mol. The van der Waals surface area contributed by atoms with Crippen LogP contribution in [0.5, 0.6) is 5.75 Å². The quantitative estimate of drug-likeness (QED) is 0.773. The summed E-state index contributed by atoms with van der Waals surface area (Å²) >= 11 is 0. The number of aromatic hydroxyl groups is 1. The first-order chi connectivity index (χ1) is 8.16. The first-order valence-corrected chi connectivity index (χ1v) is 5.89. The number of hydrogen-bond donors (Lipinski definition) is 2. The van der Waals surface area contributed by atoms with Gasteiger partial charge in [-0.2, -0.15) is 0 Å². The lowest BCUT2D eigenvalue weighted by Gasteiger charge is -2.22. The molecule has 0 bridgehead atoms. The number of ether oxygens (including phenoxy) is 1. The average molecular weight is 235 g/mol. The van der Waals surface area contributed by atoms with Crippen LogP contribution in [0.2, 0.25) is 0 Å². The Morgan fingerprint density at radius 1 is 1.47 bits per heavy atom.